The number of alkyl halides is 2. The number of nitrogens with zero attached hydrogens (tertiary/aromatic N) is 1. The molecular weight excluding hydrogens is 226 g/mol. The molecule has 0 aromatic rings. The highest BCUT2D eigenvalue weighted by Gasteiger charge is 2.46. The summed E-state index contributed by atoms with van der Waals surface area (Å²) in [6.07, 6.45) is 0.218. The lowest BCUT2D eigenvalue weighted by molar-refractivity contribution is -0.151. The molecule has 3 nitrogen and oxygen atoms in total. The van der Waals surface area contributed by atoms with Crippen LogP contribution in [0.15, 0.2) is 0 Å². The van der Waals surface area contributed by atoms with Crippen LogP contribution in [0.3, 0.4) is 0 Å². The van der Waals surface area contributed by atoms with E-state index < -0.39 is 17.7 Å². The smallest absolute Gasteiger partial charge is 0.271 e. The Balaban J connectivity index is 0.00000196. The molecule has 1 aliphatic rings. The van der Waals surface area contributed by atoms with Gasteiger partial charge in [0.25, 0.3) is 5.92 Å². The van der Waals surface area contributed by atoms with Gasteiger partial charge in [-0.3, -0.25) is 4.79 Å². The summed E-state index contributed by atoms with van der Waals surface area (Å²) in [7, 11) is 1.56. The molecule has 0 aliphatic carbocycles. The maximum atomic E-state index is 13.3. The first-order valence-corrected chi connectivity index (χ1v) is 4.82. The fraction of sp³-hybridized carbons (Fsp3) is 0.889. The average Bonchev–Trinajstić information content (AvgIpc) is 2.15. The minimum atomic E-state index is -2.90. The molecule has 15 heavy (non-hydrogen) atoms. The lowest BCUT2D eigenvalue weighted by atomic mass is 9.92. The van der Waals surface area contributed by atoms with E-state index >= 15 is 0 Å². The van der Waals surface area contributed by atoms with Crippen LogP contribution in [0.25, 0.3) is 0 Å². The summed E-state index contributed by atoms with van der Waals surface area (Å²) in [6, 6.07) is 0. The normalized spacial score (nSPS) is 24.1. The summed E-state index contributed by atoms with van der Waals surface area (Å²) in [5, 5.41) is 2.60. The minimum absolute atomic E-state index is 0. The third-order valence-corrected chi connectivity index (χ3v) is 2.63. The molecule has 1 rings (SSSR count). The molecule has 1 atom stereocenters. The van der Waals surface area contributed by atoms with Gasteiger partial charge in [-0.05, 0) is 19.9 Å². The Hall–Kier alpha value is -0.420. The molecule has 1 amide bonds. The quantitative estimate of drug-likeness (QED) is 0.788. The first-order chi connectivity index (χ1) is 6.49. The summed E-state index contributed by atoms with van der Waals surface area (Å²) < 4.78 is 26.6. The highest BCUT2D eigenvalue weighted by Crippen LogP contribution is 2.30. The van der Waals surface area contributed by atoms with Gasteiger partial charge in [0.2, 0.25) is 5.91 Å². The average molecular weight is 243 g/mol. The number of rotatable bonds is 2. The van der Waals surface area contributed by atoms with Gasteiger partial charge in [0.05, 0.1) is 6.54 Å². The van der Waals surface area contributed by atoms with Crippen molar-refractivity contribution in [3.05, 3.63) is 0 Å². The first kappa shape index (κ1) is 14.6. The van der Waals surface area contributed by atoms with Gasteiger partial charge in [-0.25, -0.2) is 8.78 Å². The van der Waals surface area contributed by atoms with E-state index in [1.807, 2.05) is 0 Å². The molecule has 1 heterocycles. The molecule has 1 unspecified atom stereocenters. The predicted molar refractivity (Wildman–Crippen MR) is 56.5 cm³/mol. The Morgan fingerprint density at radius 2 is 2.20 bits per heavy atom. The Morgan fingerprint density at radius 3 is 2.67 bits per heavy atom. The van der Waals surface area contributed by atoms with Crippen molar-refractivity contribution in [2.75, 3.05) is 26.7 Å². The van der Waals surface area contributed by atoms with Gasteiger partial charge in [-0.15, -0.1) is 12.4 Å². The zero-order chi connectivity index (χ0) is 10.8. The summed E-state index contributed by atoms with van der Waals surface area (Å²) in [5.74, 6) is -4.49. The maximum Gasteiger partial charge on any atom is 0.271 e. The zero-order valence-electron chi connectivity index (χ0n) is 8.93. The molecule has 90 valence electrons. The molecule has 1 saturated heterocycles. The maximum absolute atomic E-state index is 13.3. The monoisotopic (exact) mass is 242 g/mol. The van der Waals surface area contributed by atoms with E-state index in [0.717, 1.165) is 0 Å². The van der Waals surface area contributed by atoms with E-state index in [1.54, 1.807) is 14.0 Å². The van der Waals surface area contributed by atoms with Crippen LogP contribution in [0.1, 0.15) is 13.3 Å². The van der Waals surface area contributed by atoms with Gasteiger partial charge in [0.15, 0.2) is 0 Å². The van der Waals surface area contributed by atoms with Crippen molar-refractivity contribution in [1.82, 2.24) is 10.2 Å². The lowest BCUT2D eigenvalue weighted by Gasteiger charge is -2.33. The molecule has 1 aliphatic heterocycles. The number of nitrogens with one attached hydrogen (secondary N) is 1. The fourth-order valence-electron chi connectivity index (χ4n) is 1.56. The van der Waals surface area contributed by atoms with Crippen molar-refractivity contribution in [3.63, 3.8) is 0 Å². The van der Waals surface area contributed by atoms with Crippen LogP contribution >= 0.6 is 12.4 Å². The molecule has 0 aromatic heterocycles. The Kier molecular flexibility index (Phi) is 5.45. The molecular formula is C9H17ClF2N2O. The van der Waals surface area contributed by atoms with Crippen LogP contribution in [0.4, 0.5) is 8.78 Å². The van der Waals surface area contributed by atoms with Crippen LogP contribution in [-0.4, -0.2) is 43.4 Å². The van der Waals surface area contributed by atoms with Crippen molar-refractivity contribution in [2.24, 2.45) is 5.92 Å². The molecule has 6 heteroatoms. The standard InChI is InChI=1S/C9H16F2N2O.ClH/c1-3-13(2)8(14)7-4-5-12-6-9(7,10)11;/h7,12H,3-6H2,1-2H3;1H. The van der Waals surface area contributed by atoms with Crippen LogP contribution < -0.4 is 5.32 Å². The van der Waals surface area contributed by atoms with Gasteiger partial charge in [0, 0.05) is 13.6 Å². The van der Waals surface area contributed by atoms with Crippen molar-refractivity contribution < 1.29 is 13.6 Å². The molecule has 1 fully saturated rings. The molecule has 0 saturated carbocycles. The molecule has 0 radical (unpaired) electrons. The van der Waals surface area contributed by atoms with E-state index in [1.165, 1.54) is 4.90 Å². The third-order valence-electron chi connectivity index (χ3n) is 2.63. The van der Waals surface area contributed by atoms with Crippen molar-refractivity contribution in [3.8, 4) is 0 Å². The largest absolute Gasteiger partial charge is 0.346 e. The Labute approximate surface area is 94.6 Å². The SMILES string of the molecule is CCN(C)C(=O)C1CCNCC1(F)F.Cl. The molecule has 0 bridgehead atoms. The second-order valence-corrected chi connectivity index (χ2v) is 3.63. The number of hydrogen-bond donors (Lipinski definition) is 1. The lowest BCUT2D eigenvalue weighted by Crippen LogP contribution is -2.52. The third kappa shape index (κ3) is 3.28. The summed E-state index contributed by atoms with van der Waals surface area (Å²) in [4.78, 5) is 12.9. The summed E-state index contributed by atoms with van der Waals surface area (Å²) in [5.41, 5.74) is 0. The van der Waals surface area contributed by atoms with E-state index in [4.69, 9.17) is 0 Å². The second-order valence-electron chi connectivity index (χ2n) is 3.63. The van der Waals surface area contributed by atoms with E-state index in [-0.39, 0.29) is 25.4 Å². The van der Waals surface area contributed by atoms with Gasteiger partial charge in [-0.1, -0.05) is 0 Å². The van der Waals surface area contributed by atoms with Crippen molar-refractivity contribution in [1.29, 1.82) is 0 Å². The molecule has 0 spiro atoms. The number of carbonyl (C=O) groups is 1. The van der Waals surface area contributed by atoms with E-state index in [2.05, 4.69) is 5.32 Å². The van der Waals surface area contributed by atoms with E-state index in [9.17, 15) is 13.6 Å². The highest BCUT2D eigenvalue weighted by atomic mass is 35.5. The highest BCUT2D eigenvalue weighted by molar-refractivity contribution is 5.85. The van der Waals surface area contributed by atoms with Gasteiger partial charge in [0.1, 0.15) is 5.92 Å². The van der Waals surface area contributed by atoms with Gasteiger partial charge < -0.3 is 10.2 Å². The Morgan fingerprint density at radius 1 is 1.60 bits per heavy atom. The van der Waals surface area contributed by atoms with Crippen LogP contribution in [-0.2, 0) is 4.79 Å². The number of amides is 1. The summed E-state index contributed by atoms with van der Waals surface area (Å²) >= 11 is 0. The summed E-state index contributed by atoms with van der Waals surface area (Å²) in [6.45, 7) is 2.35. The van der Waals surface area contributed by atoms with Gasteiger partial charge >= 0.3 is 0 Å². The number of piperidine rings is 1. The number of carbonyl (C=O) groups excluding carboxylic acids is 1. The van der Waals surface area contributed by atoms with E-state index in [0.29, 0.717) is 13.1 Å². The topological polar surface area (TPSA) is 32.3 Å². The van der Waals surface area contributed by atoms with Crippen molar-refractivity contribution in [2.45, 2.75) is 19.3 Å². The van der Waals surface area contributed by atoms with Crippen LogP contribution in [0.5, 0.6) is 0 Å². The molecule has 1 N–H and O–H groups in total. The van der Waals surface area contributed by atoms with Crippen LogP contribution in [0, 0.1) is 5.92 Å². The van der Waals surface area contributed by atoms with Crippen LogP contribution in [0.2, 0.25) is 0 Å². The van der Waals surface area contributed by atoms with Crippen molar-refractivity contribution >= 4 is 18.3 Å². The second kappa shape index (κ2) is 5.61. The first-order valence-electron chi connectivity index (χ1n) is 4.82. The number of hydrogen-bond acceptors (Lipinski definition) is 2. The predicted octanol–water partition coefficient (Wildman–Crippen LogP) is 1.13. The fourth-order valence-corrected chi connectivity index (χ4v) is 1.56. The minimum Gasteiger partial charge on any atom is -0.346 e. The Bertz CT molecular complexity index is 226. The van der Waals surface area contributed by atoms with Gasteiger partial charge in [-0.2, -0.15) is 0 Å². The molecule has 0 aromatic carbocycles. The zero-order valence-corrected chi connectivity index (χ0v) is 9.74. The number of halogens is 3.